The molecule has 0 saturated heterocycles. The highest BCUT2D eigenvalue weighted by Crippen LogP contribution is 2.35. The molecular weight excluding hydrogens is 234 g/mol. The standard InChI is InChI=1S/C13H15NO4/c1-13(2)7-18-10-8(11(15)17-3)5-4-6-9(10)14-12(13)16/h4-6H,7H2,1-3H3,(H,14,16). The monoisotopic (exact) mass is 249 g/mol. The van der Waals surface area contributed by atoms with Crippen molar-refractivity contribution in [2.75, 3.05) is 19.0 Å². The fourth-order valence-corrected chi connectivity index (χ4v) is 1.67. The van der Waals surface area contributed by atoms with Crippen LogP contribution < -0.4 is 10.1 Å². The van der Waals surface area contributed by atoms with Crippen LogP contribution in [-0.4, -0.2) is 25.6 Å². The molecule has 0 radical (unpaired) electrons. The summed E-state index contributed by atoms with van der Waals surface area (Å²) in [7, 11) is 1.31. The summed E-state index contributed by atoms with van der Waals surface area (Å²) in [6.45, 7) is 3.78. The molecule has 5 heteroatoms. The van der Waals surface area contributed by atoms with E-state index in [1.165, 1.54) is 7.11 Å². The number of carbonyl (C=O) groups is 2. The number of anilines is 1. The van der Waals surface area contributed by atoms with Gasteiger partial charge >= 0.3 is 5.97 Å². The quantitative estimate of drug-likeness (QED) is 0.771. The molecule has 0 aromatic heterocycles. The van der Waals surface area contributed by atoms with Crippen LogP contribution in [0.25, 0.3) is 0 Å². The van der Waals surface area contributed by atoms with Gasteiger partial charge in [0.1, 0.15) is 12.2 Å². The number of ether oxygens (including phenoxy) is 2. The molecule has 0 unspecified atom stereocenters. The predicted octanol–water partition coefficient (Wildman–Crippen LogP) is 1.83. The number of carbonyl (C=O) groups excluding carboxylic acids is 2. The fraction of sp³-hybridized carbons (Fsp3) is 0.385. The zero-order valence-corrected chi connectivity index (χ0v) is 10.6. The normalized spacial score (nSPS) is 16.9. The second-order valence-electron chi connectivity index (χ2n) is 4.80. The summed E-state index contributed by atoms with van der Waals surface area (Å²) in [6, 6.07) is 4.98. The summed E-state index contributed by atoms with van der Waals surface area (Å²) >= 11 is 0. The molecule has 1 aliphatic heterocycles. The highest BCUT2D eigenvalue weighted by molar-refractivity contribution is 6.01. The molecule has 0 fully saturated rings. The van der Waals surface area contributed by atoms with Gasteiger partial charge in [0, 0.05) is 0 Å². The topological polar surface area (TPSA) is 64.6 Å². The van der Waals surface area contributed by atoms with Crippen LogP contribution in [0.5, 0.6) is 5.75 Å². The third-order valence-corrected chi connectivity index (χ3v) is 2.86. The molecule has 0 spiro atoms. The molecule has 1 amide bonds. The molecule has 1 aromatic carbocycles. The number of nitrogens with one attached hydrogen (secondary N) is 1. The van der Waals surface area contributed by atoms with Crippen molar-refractivity contribution in [2.45, 2.75) is 13.8 Å². The van der Waals surface area contributed by atoms with Gasteiger partial charge in [0.2, 0.25) is 5.91 Å². The van der Waals surface area contributed by atoms with Gasteiger partial charge in [-0.2, -0.15) is 0 Å². The first-order valence-electron chi connectivity index (χ1n) is 5.61. The van der Waals surface area contributed by atoms with Crippen LogP contribution in [0.4, 0.5) is 5.69 Å². The molecule has 1 N–H and O–H groups in total. The summed E-state index contributed by atoms with van der Waals surface area (Å²) in [5.74, 6) is -0.257. The maximum Gasteiger partial charge on any atom is 0.341 e. The lowest BCUT2D eigenvalue weighted by atomic mass is 9.94. The van der Waals surface area contributed by atoms with Crippen LogP contribution in [-0.2, 0) is 9.53 Å². The van der Waals surface area contributed by atoms with Gasteiger partial charge in [-0.3, -0.25) is 4.79 Å². The summed E-state index contributed by atoms with van der Waals surface area (Å²) in [4.78, 5) is 23.6. The Morgan fingerprint density at radius 1 is 1.44 bits per heavy atom. The maximum absolute atomic E-state index is 11.9. The Hall–Kier alpha value is -2.04. The molecule has 0 aliphatic carbocycles. The van der Waals surface area contributed by atoms with Gasteiger partial charge in [-0.15, -0.1) is 0 Å². The maximum atomic E-state index is 11.9. The Balaban J connectivity index is 2.47. The lowest BCUT2D eigenvalue weighted by Gasteiger charge is -2.18. The van der Waals surface area contributed by atoms with Gasteiger partial charge in [0.05, 0.1) is 18.2 Å². The summed E-state index contributed by atoms with van der Waals surface area (Å²) < 4.78 is 10.3. The van der Waals surface area contributed by atoms with E-state index in [1.54, 1.807) is 32.0 Å². The molecule has 96 valence electrons. The van der Waals surface area contributed by atoms with Gasteiger partial charge in [0.25, 0.3) is 0 Å². The van der Waals surface area contributed by atoms with E-state index in [-0.39, 0.29) is 12.5 Å². The average molecular weight is 249 g/mol. The van der Waals surface area contributed by atoms with Crippen molar-refractivity contribution in [3.8, 4) is 5.75 Å². The smallest absolute Gasteiger partial charge is 0.341 e. The third kappa shape index (κ3) is 2.03. The number of amides is 1. The largest absolute Gasteiger partial charge is 0.489 e. The lowest BCUT2D eigenvalue weighted by molar-refractivity contribution is -0.124. The van der Waals surface area contributed by atoms with E-state index in [2.05, 4.69) is 5.32 Å². The van der Waals surface area contributed by atoms with E-state index < -0.39 is 11.4 Å². The number of hydrogen-bond donors (Lipinski definition) is 1. The number of rotatable bonds is 1. The third-order valence-electron chi connectivity index (χ3n) is 2.86. The van der Waals surface area contributed by atoms with E-state index >= 15 is 0 Å². The molecule has 5 nitrogen and oxygen atoms in total. The van der Waals surface area contributed by atoms with E-state index in [9.17, 15) is 9.59 Å². The molecule has 0 bridgehead atoms. The first-order chi connectivity index (χ1) is 8.45. The van der Waals surface area contributed by atoms with Crippen molar-refractivity contribution in [1.82, 2.24) is 0 Å². The number of benzene rings is 1. The summed E-state index contributed by atoms with van der Waals surface area (Å²) in [6.07, 6.45) is 0. The first kappa shape index (κ1) is 12.4. The van der Waals surface area contributed by atoms with Crippen LogP contribution in [0, 0.1) is 5.41 Å². The van der Waals surface area contributed by atoms with Crippen LogP contribution in [0.2, 0.25) is 0 Å². The Morgan fingerprint density at radius 3 is 2.83 bits per heavy atom. The predicted molar refractivity (Wildman–Crippen MR) is 65.7 cm³/mol. The second kappa shape index (κ2) is 4.33. The second-order valence-corrected chi connectivity index (χ2v) is 4.80. The molecule has 18 heavy (non-hydrogen) atoms. The van der Waals surface area contributed by atoms with Crippen LogP contribution >= 0.6 is 0 Å². The van der Waals surface area contributed by atoms with Gasteiger partial charge in [-0.05, 0) is 26.0 Å². The van der Waals surface area contributed by atoms with E-state index in [0.717, 1.165) is 0 Å². The van der Waals surface area contributed by atoms with Crippen LogP contribution in [0.3, 0.4) is 0 Å². The van der Waals surface area contributed by atoms with Gasteiger partial charge in [-0.1, -0.05) is 6.07 Å². The van der Waals surface area contributed by atoms with Crippen molar-refractivity contribution in [3.63, 3.8) is 0 Å². The molecule has 1 heterocycles. The SMILES string of the molecule is COC(=O)c1cccc2c1OCC(C)(C)C(=O)N2. The molecule has 2 rings (SSSR count). The molecule has 1 aromatic rings. The Morgan fingerprint density at radius 2 is 2.17 bits per heavy atom. The molecular formula is C13H15NO4. The molecule has 0 saturated carbocycles. The molecule has 0 atom stereocenters. The van der Waals surface area contributed by atoms with Crippen molar-refractivity contribution < 1.29 is 19.1 Å². The first-order valence-corrected chi connectivity index (χ1v) is 5.61. The van der Waals surface area contributed by atoms with Gasteiger partial charge in [0.15, 0.2) is 5.75 Å². The van der Waals surface area contributed by atoms with Gasteiger partial charge in [-0.25, -0.2) is 4.79 Å². The van der Waals surface area contributed by atoms with E-state index in [0.29, 0.717) is 17.0 Å². The fourth-order valence-electron chi connectivity index (χ4n) is 1.67. The highest BCUT2D eigenvalue weighted by Gasteiger charge is 2.33. The van der Waals surface area contributed by atoms with Crippen molar-refractivity contribution in [3.05, 3.63) is 23.8 Å². The number of methoxy groups -OCH3 is 1. The Labute approximate surface area is 105 Å². The lowest BCUT2D eigenvalue weighted by Crippen LogP contribution is -2.33. The minimum absolute atomic E-state index is 0.136. The van der Waals surface area contributed by atoms with E-state index in [1.807, 2.05) is 0 Å². The highest BCUT2D eigenvalue weighted by atomic mass is 16.5. The zero-order chi connectivity index (χ0) is 13.3. The summed E-state index contributed by atoms with van der Waals surface area (Å²) in [5, 5.41) is 2.76. The Bertz CT molecular complexity index is 508. The minimum atomic E-state index is -0.646. The summed E-state index contributed by atoms with van der Waals surface area (Å²) in [5.41, 5.74) is 0.161. The average Bonchev–Trinajstić information content (AvgIpc) is 2.46. The zero-order valence-electron chi connectivity index (χ0n) is 10.6. The number of esters is 1. The Kier molecular flexibility index (Phi) is 2.98. The number of hydrogen-bond acceptors (Lipinski definition) is 4. The minimum Gasteiger partial charge on any atom is -0.489 e. The van der Waals surface area contributed by atoms with Crippen LogP contribution in [0.1, 0.15) is 24.2 Å². The number of para-hydroxylation sites is 1. The van der Waals surface area contributed by atoms with E-state index in [4.69, 9.17) is 9.47 Å². The van der Waals surface area contributed by atoms with Crippen LogP contribution in [0.15, 0.2) is 18.2 Å². The van der Waals surface area contributed by atoms with Crippen molar-refractivity contribution >= 4 is 17.6 Å². The van der Waals surface area contributed by atoms with Crippen molar-refractivity contribution in [2.24, 2.45) is 5.41 Å². The number of fused-ring (bicyclic) bond motifs is 1. The van der Waals surface area contributed by atoms with Gasteiger partial charge < -0.3 is 14.8 Å². The van der Waals surface area contributed by atoms with Crippen molar-refractivity contribution in [1.29, 1.82) is 0 Å². The molecule has 1 aliphatic rings.